The maximum Gasteiger partial charge on any atom is 0.164 e. The van der Waals surface area contributed by atoms with Crippen molar-refractivity contribution in [3.05, 3.63) is 182 Å². The fourth-order valence-electron chi connectivity index (χ4n) is 7.87. The van der Waals surface area contributed by atoms with Crippen molar-refractivity contribution in [2.75, 3.05) is 0 Å². The highest BCUT2D eigenvalue weighted by molar-refractivity contribution is 6.13. The Balaban J connectivity index is 1.09. The average Bonchev–Trinajstić information content (AvgIpc) is 3.55. The van der Waals surface area contributed by atoms with Gasteiger partial charge < -0.3 is 4.57 Å². The first-order valence-electron chi connectivity index (χ1n) is 17.9. The Morgan fingerprint density at radius 1 is 0.283 bits per heavy atom. The second kappa shape index (κ2) is 11.7. The predicted octanol–water partition coefficient (Wildman–Crippen LogP) is 12.6. The van der Waals surface area contributed by atoms with Crippen LogP contribution in [0.15, 0.2) is 182 Å². The summed E-state index contributed by atoms with van der Waals surface area (Å²) >= 11 is 0. The van der Waals surface area contributed by atoms with Crippen LogP contribution in [0.2, 0.25) is 0 Å². The van der Waals surface area contributed by atoms with Crippen LogP contribution in [0.25, 0.3) is 105 Å². The summed E-state index contributed by atoms with van der Waals surface area (Å²) in [6.45, 7) is 0. The van der Waals surface area contributed by atoms with E-state index in [2.05, 4.69) is 187 Å². The van der Waals surface area contributed by atoms with E-state index in [0.717, 1.165) is 43.9 Å². The molecule has 2 heterocycles. The Bertz CT molecular complexity index is 3150. The van der Waals surface area contributed by atoms with Gasteiger partial charge in [-0.25, -0.2) is 15.0 Å². The summed E-state index contributed by atoms with van der Waals surface area (Å²) < 4.78 is 2.39. The second-order valence-corrected chi connectivity index (χ2v) is 13.7. The van der Waals surface area contributed by atoms with Crippen LogP contribution in [0.5, 0.6) is 0 Å². The highest BCUT2D eigenvalue weighted by atomic mass is 15.0. The van der Waals surface area contributed by atoms with Crippen molar-refractivity contribution in [1.82, 2.24) is 19.5 Å². The van der Waals surface area contributed by atoms with Gasteiger partial charge >= 0.3 is 0 Å². The normalized spacial score (nSPS) is 11.8. The molecule has 0 amide bonds. The van der Waals surface area contributed by atoms with E-state index >= 15 is 0 Å². The molecular formula is C49H30N4. The zero-order valence-corrected chi connectivity index (χ0v) is 28.6. The van der Waals surface area contributed by atoms with Gasteiger partial charge in [-0.3, -0.25) is 0 Å². The third kappa shape index (κ3) is 4.95. The first kappa shape index (κ1) is 29.5. The topological polar surface area (TPSA) is 43.6 Å². The Morgan fingerprint density at radius 3 is 1.30 bits per heavy atom. The molecule has 11 aromatic rings. The molecule has 0 bridgehead atoms. The molecule has 0 saturated heterocycles. The number of benzene rings is 9. The number of nitrogens with zero attached hydrogens (tertiary/aromatic N) is 4. The molecule has 4 heteroatoms. The predicted molar refractivity (Wildman–Crippen MR) is 220 cm³/mol. The largest absolute Gasteiger partial charge is 0.309 e. The molecule has 0 radical (unpaired) electrons. The monoisotopic (exact) mass is 674 g/mol. The zero-order chi connectivity index (χ0) is 34.9. The smallest absolute Gasteiger partial charge is 0.164 e. The lowest BCUT2D eigenvalue weighted by Crippen LogP contribution is -2.00. The van der Waals surface area contributed by atoms with E-state index < -0.39 is 0 Å². The molecule has 0 atom stereocenters. The minimum absolute atomic E-state index is 0.641. The van der Waals surface area contributed by atoms with Gasteiger partial charge in [0.2, 0.25) is 0 Å². The Kier molecular flexibility index (Phi) is 6.52. The number of para-hydroxylation sites is 1. The molecule has 0 N–H and O–H groups in total. The molecule has 4 nitrogen and oxygen atoms in total. The Morgan fingerprint density at radius 2 is 0.717 bits per heavy atom. The average molecular weight is 675 g/mol. The van der Waals surface area contributed by atoms with Crippen LogP contribution >= 0.6 is 0 Å². The van der Waals surface area contributed by atoms with Gasteiger partial charge in [-0.15, -0.1) is 0 Å². The molecule has 0 aliphatic carbocycles. The van der Waals surface area contributed by atoms with Crippen molar-refractivity contribution in [2.24, 2.45) is 0 Å². The molecule has 0 aliphatic rings. The van der Waals surface area contributed by atoms with Crippen LogP contribution in [-0.4, -0.2) is 19.5 Å². The molecule has 246 valence electrons. The third-order valence-electron chi connectivity index (χ3n) is 10.5. The molecule has 11 rings (SSSR count). The van der Waals surface area contributed by atoms with E-state index in [1.54, 1.807) is 0 Å². The molecular weight excluding hydrogens is 645 g/mol. The summed E-state index contributed by atoms with van der Waals surface area (Å²) in [5, 5.41) is 11.9. The maximum atomic E-state index is 5.13. The van der Waals surface area contributed by atoms with E-state index in [9.17, 15) is 0 Å². The van der Waals surface area contributed by atoms with Gasteiger partial charge in [0, 0.05) is 33.2 Å². The molecule has 53 heavy (non-hydrogen) atoms. The fourth-order valence-corrected chi connectivity index (χ4v) is 7.87. The van der Waals surface area contributed by atoms with Gasteiger partial charge in [-0.05, 0) is 91.6 Å². The van der Waals surface area contributed by atoms with Crippen LogP contribution in [0.1, 0.15) is 0 Å². The van der Waals surface area contributed by atoms with E-state index in [4.69, 9.17) is 15.0 Å². The lowest BCUT2D eigenvalue weighted by Gasteiger charge is -2.12. The number of hydrogen-bond donors (Lipinski definition) is 0. The second-order valence-electron chi connectivity index (χ2n) is 13.7. The minimum Gasteiger partial charge on any atom is -0.309 e. The fraction of sp³-hybridized carbons (Fsp3) is 0. The van der Waals surface area contributed by atoms with Gasteiger partial charge in [0.25, 0.3) is 0 Å². The van der Waals surface area contributed by atoms with E-state index in [1.807, 2.05) is 0 Å². The quantitative estimate of drug-likeness (QED) is 0.187. The van der Waals surface area contributed by atoms with Crippen molar-refractivity contribution in [1.29, 1.82) is 0 Å². The van der Waals surface area contributed by atoms with E-state index in [-0.39, 0.29) is 0 Å². The van der Waals surface area contributed by atoms with Crippen LogP contribution in [0.3, 0.4) is 0 Å². The third-order valence-corrected chi connectivity index (χ3v) is 10.5. The number of rotatable bonds is 4. The molecule has 0 fully saturated rings. The van der Waals surface area contributed by atoms with Crippen LogP contribution in [0.4, 0.5) is 0 Å². The number of fused-ring (bicyclic) bond motifs is 7. The van der Waals surface area contributed by atoms with Gasteiger partial charge in [0.1, 0.15) is 0 Å². The van der Waals surface area contributed by atoms with Gasteiger partial charge in [-0.1, -0.05) is 133 Å². The summed E-state index contributed by atoms with van der Waals surface area (Å²) in [4.78, 5) is 15.3. The zero-order valence-electron chi connectivity index (χ0n) is 28.6. The van der Waals surface area contributed by atoms with Crippen molar-refractivity contribution >= 4 is 64.9 Å². The van der Waals surface area contributed by atoms with Gasteiger partial charge in [-0.2, -0.15) is 0 Å². The molecule has 9 aromatic carbocycles. The Labute approximate surface area is 305 Å². The lowest BCUT2D eigenvalue weighted by atomic mass is 10.0. The van der Waals surface area contributed by atoms with E-state index in [0.29, 0.717) is 17.5 Å². The van der Waals surface area contributed by atoms with Crippen molar-refractivity contribution < 1.29 is 0 Å². The molecule has 0 unspecified atom stereocenters. The molecule has 0 saturated carbocycles. The first-order chi connectivity index (χ1) is 26.2. The standard InChI is InChI=1S/C49H30N4/c1-3-11-34-25-38(20-17-31(34)9-1)47-50-48(39-21-18-32-10-2-4-12-35(32)26-39)52-49(51-47)40-22-19-33-23-24-42(28-41(33)27-40)53-45-16-8-7-15-43(45)44-29-36-13-5-6-14-37(36)30-46(44)53/h1-30H. The van der Waals surface area contributed by atoms with Crippen LogP contribution in [0, 0.1) is 0 Å². The van der Waals surface area contributed by atoms with Crippen molar-refractivity contribution in [3.63, 3.8) is 0 Å². The summed E-state index contributed by atoms with van der Waals surface area (Å²) in [6, 6.07) is 64.8. The Hall–Kier alpha value is -7.17. The maximum absolute atomic E-state index is 5.13. The van der Waals surface area contributed by atoms with Crippen molar-refractivity contribution in [3.8, 4) is 39.9 Å². The molecule has 0 spiro atoms. The minimum atomic E-state index is 0.641. The van der Waals surface area contributed by atoms with E-state index in [1.165, 1.54) is 43.4 Å². The number of hydrogen-bond acceptors (Lipinski definition) is 3. The summed E-state index contributed by atoms with van der Waals surface area (Å²) in [7, 11) is 0. The van der Waals surface area contributed by atoms with Gasteiger partial charge in [0.05, 0.1) is 11.0 Å². The highest BCUT2D eigenvalue weighted by Gasteiger charge is 2.16. The van der Waals surface area contributed by atoms with Crippen molar-refractivity contribution in [2.45, 2.75) is 0 Å². The first-order valence-corrected chi connectivity index (χ1v) is 17.9. The van der Waals surface area contributed by atoms with Gasteiger partial charge in [0.15, 0.2) is 17.5 Å². The molecule has 0 aliphatic heterocycles. The SMILES string of the molecule is c1ccc2cc(-c3nc(-c4ccc5ccccc5c4)nc(-c4ccc5ccc(-n6c7ccccc7c7cc8ccccc8cc76)cc5c4)n3)ccc2c1. The highest BCUT2D eigenvalue weighted by Crippen LogP contribution is 2.36. The lowest BCUT2D eigenvalue weighted by molar-refractivity contribution is 1.08. The van der Waals surface area contributed by atoms with Crippen LogP contribution < -0.4 is 0 Å². The summed E-state index contributed by atoms with van der Waals surface area (Å²) in [6.07, 6.45) is 0. The summed E-state index contributed by atoms with van der Waals surface area (Å²) in [5.41, 5.74) is 6.34. The molecule has 2 aromatic heterocycles. The number of aromatic nitrogens is 4. The van der Waals surface area contributed by atoms with Crippen LogP contribution in [-0.2, 0) is 0 Å². The summed E-state index contributed by atoms with van der Waals surface area (Å²) in [5.74, 6) is 1.94.